The third-order valence-corrected chi connectivity index (χ3v) is 4.50. The Labute approximate surface area is 127 Å². The highest BCUT2D eigenvalue weighted by Gasteiger charge is 2.23. The van der Waals surface area contributed by atoms with Crippen molar-refractivity contribution in [3.8, 4) is 0 Å². The summed E-state index contributed by atoms with van der Waals surface area (Å²) >= 11 is 0. The van der Waals surface area contributed by atoms with Crippen molar-refractivity contribution in [2.75, 3.05) is 31.6 Å². The first-order valence-corrected chi connectivity index (χ1v) is 8.07. The first kappa shape index (κ1) is 14.2. The number of nitrogens with zero attached hydrogens (tertiary/aromatic N) is 2. The van der Waals surface area contributed by atoms with Crippen molar-refractivity contribution in [2.45, 2.75) is 32.2 Å². The molecule has 1 saturated carbocycles. The number of rotatable bonds is 5. The summed E-state index contributed by atoms with van der Waals surface area (Å²) in [5.41, 5.74) is 2.87. The van der Waals surface area contributed by atoms with E-state index in [-0.39, 0.29) is 0 Å². The van der Waals surface area contributed by atoms with Gasteiger partial charge in [-0.05, 0) is 43.7 Å². The fraction of sp³-hybridized carbons (Fsp3) is 0.588. The molecule has 1 heterocycles. The van der Waals surface area contributed by atoms with Crippen LogP contribution in [0.5, 0.6) is 0 Å². The standard InChI is InChI=1S/C17H26N4/c1-13(11-19-17(18-2)20-12-14-7-8-14)21-10-9-15-5-3-4-6-16(15)21/h3-6,13-14H,7-12H2,1-2H3,(H2,18,19,20). The molecule has 1 aliphatic carbocycles. The highest BCUT2D eigenvalue weighted by molar-refractivity contribution is 5.79. The monoisotopic (exact) mass is 286 g/mol. The van der Waals surface area contributed by atoms with Gasteiger partial charge in [-0.25, -0.2) is 0 Å². The molecule has 1 aliphatic heterocycles. The maximum atomic E-state index is 4.31. The Bertz CT molecular complexity index is 507. The second kappa shape index (κ2) is 6.37. The molecule has 0 spiro atoms. The number of anilines is 1. The molecule has 114 valence electrons. The molecule has 0 saturated heterocycles. The minimum Gasteiger partial charge on any atom is -0.366 e. The van der Waals surface area contributed by atoms with E-state index in [4.69, 9.17) is 0 Å². The molecule has 1 fully saturated rings. The maximum absolute atomic E-state index is 4.31. The summed E-state index contributed by atoms with van der Waals surface area (Å²) in [6.45, 7) is 5.37. The summed E-state index contributed by atoms with van der Waals surface area (Å²) < 4.78 is 0. The lowest BCUT2D eigenvalue weighted by Crippen LogP contribution is -2.46. The number of benzene rings is 1. The molecule has 0 amide bonds. The SMILES string of the molecule is CN=C(NCC1CC1)NCC(C)N1CCc2ccccc21. The van der Waals surface area contributed by atoms with Crippen LogP contribution in [0.3, 0.4) is 0 Å². The predicted molar refractivity (Wildman–Crippen MR) is 89.0 cm³/mol. The lowest BCUT2D eigenvalue weighted by atomic mass is 10.2. The number of aliphatic imine (C=N–C) groups is 1. The van der Waals surface area contributed by atoms with E-state index in [0.29, 0.717) is 6.04 Å². The van der Waals surface area contributed by atoms with Crippen LogP contribution in [0.15, 0.2) is 29.3 Å². The average Bonchev–Trinajstić information content (AvgIpc) is 3.24. The van der Waals surface area contributed by atoms with Crippen molar-refractivity contribution in [2.24, 2.45) is 10.9 Å². The molecule has 2 aliphatic rings. The zero-order valence-corrected chi connectivity index (χ0v) is 13.1. The molecule has 2 N–H and O–H groups in total. The van der Waals surface area contributed by atoms with E-state index >= 15 is 0 Å². The number of guanidine groups is 1. The van der Waals surface area contributed by atoms with Crippen molar-refractivity contribution in [3.63, 3.8) is 0 Å². The summed E-state index contributed by atoms with van der Waals surface area (Å²) in [7, 11) is 1.85. The van der Waals surface area contributed by atoms with Gasteiger partial charge in [-0.1, -0.05) is 18.2 Å². The van der Waals surface area contributed by atoms with Gasteiger partial charge < -0.3 is 15.5 Å². The topological polar surface area (TPSA) is 39.7 Å². The molecule has 1 atom stereocenters. The van der Waals surface area contributed by atoms with E-state index in [0.717, 1.165) is 37.9 Å². The van der Waals surface area contributed by atoms with Gasteiger partial charge in [0.15, 0.2) is 5.96 Å². The Kier molecular flexibility index (Phi) is 4.32. The van der Waals surface area contributed by atoms with Gasteiger partial charge in [0.25, 0.3) is 0 Å². The van der Waals surface area contributed by atoms with Gasteiger partial charge in [0.1, 0.15) is 0 Å². The van der Waals surface area contributed by atoms with Crippen molar-refractivity contribution in [1.82, 2.24) is 10.6 Å². The average molecular weight is 286 g/mol. The number of para-hydroxylation sites is 1. The van der Waals surface area contributed by atoms with Gasteiger partial charge in [0, 0.05) is 38.4 Å². The summed E-state index contributed by atoms with van der Waals surface area (Å²) in [5, 5.41) is 6.87. The Hall–Kier alpha value is -1.71. The van der Waals surface area contributed by atoms with Gasteiger partial charge in [-0.15, -0.1) is 0 Å². The van der Waals surface area contributed by atoms with Crippen LogP contribution >= 0.6 is 0 Å². The first-order chi connectivity index (χ1) is 10.3. The van der Waals surface area contributed by atoms with Gasteiger partial charge >= 0.3 is 0 Å². The molecule has 3 rings (SSSR count). The Balaban J connectivity index is 1.50. The van der Waals surface area contributed by atoms with Crippen molar-refractivity contribution in [3.05, 3.63) is 29.8 Å². The van der Waals surface area contributed by atoms with E-state index in [1.807, 2.05) is 7.05 Å². The normalized spacial score (nSPS) is 19.3. The highest BCUT2D eigenvalue weighted by atomic mass is 15.2. The number of hydrogen-bond donors (Lipinski definition) is 2. The lowest BCUT2D eigenvalue weighted by Gasteiger charge is -2.28. The second-order valence-electron chi connectivity index (χ2n) is 6.20. The summed E-state index contributed by atoms with van der Waals surface area (Å²) in [4.78, 5) is 6.80. The molecular weight excluding hydrogens is 260 g/mol. The highest BCUT2D eigenvalue weighted by Crippen LogP contribution is 2.29. The van der Waals surface area contributed by atoms with Crippen molar-refractivity contribution >= 4 is 11.6 Å². The predicted octanol–water partition coefficient (Wildman–Crippen LogP) is 2.01. The fourth-order valence-corrected chi connectivity index (χ4v) is 2.96. The molecule has 4 heteroatoms. The first-order valence-electron chi connectivity index (χ1n) is 8.07. The molecular formula is C17H26N4. The van der Waals surface area contributed by atoms with Crippen LogP contribution in [0.4, 0.5) is 5.69 Å². The molecule has 1 aromatic rings. The zero-order valence-electron chi connectivity index (χ0n) is 13.1. The van der Waals surface area contributed by atoms with E-state index in [2.05, 4.69) is 51.7 Å². The summed E-state index contributed by atoms with van der Waals surface area (Å²) in [6, 6.07) is 9.21. The van der Waals surface area contributed by atoms with Gasteiger partial charge in [0.05, 0.1) is 0 Å². The van der Waals surface area contributed by atoms with Crippen LogP contribution in [-0.4, -0.2) is 38.7 Å². The Morgan fingerprint density at radius 2 is 2.14 bits per heavy atom. The molecule has 1 unspecified atom stereocenters. The van der Waals surface area contributed by atoms with Gasteiger partial charge in [-0.2, -0.15) is 0 Å². The Morgan fingerprint density at radius 1 is 1.33 bits per heavy atom. The van der Waals surface area contributed by atoms with Crippen LogP contribution in [0.1, 0.15) is 25.3 Å². The quantitative estimate of drug-likeness (QED) is 0.642. The van der Waals surface area contributed by atoms with Crippen LogP contribution < -0.4 is 15.5 Å². The molecule has 4 nitrogen and oxygen atoms in total. The van der Waals surface area contributed by atoms with E-state index in [1.54, 1.807) is 0 Å². The maximum Gasteiger partial charge on any atom is 0.191 e. The second-order valence-corrected chi connectivity index (χ2v) is 6.20. The van der Waals surface area contributed by atoms with E-state index < -0.39 is 0 Å². The minimum absolute atomic E-state index is 0.466. The van der Waals surface area contributed by atoms with Gasteiger partial charge in [-0.3, -0.25) is 4.99 Å². The Morgan fingerprint density at radius 3 is 2.90 bits per heavy atom. The van der Waals surface area contributed by atoms with Crippen molar-refractivity contribution < 1.29 is 0 Å². The van der Waals surface area contributed by atoms with E-state index in [1.165, 1.54) is 24.1 Å². The smallest absolute Gasteiger partial charge is 0.191 e. The summed E-state index contributed by atoms with van der Waals surface area (Å²) in [5.74, 6) is 1.80. The number of fused-ring (bicyclic) bond motifs is 1. The van der Waals surface area contributed by atoms with Crippen LogP contribution in [0.25, 0.3) is 0 Å². The molecule has 0 bridgehead atoms. The third-order valence-electron chi connectivity index (χ3n) is 4.50. The largest absolute Gasteiger partial charge is 0.366 e. The minimum atomic E-state index is 0.466. The van der Waals surface area contributed by atoms with Crippen molar-refractivity contribution in [1.29, 1.82) is 0 Å². The molecule has 21 heavy (non-hydrogen) atoms. The molecule has 0 radical (unpaired) electrons. The molecule has 1 aromatic carbocycles. The number of hydrogen-bond acceptors (Lipinski definition) is 2. The van der Waals surface area contributed by atoms with Crippen LogP contribution in [0.2, 0.25) is 0 Å². The van der Waals surface area contributed by atoms with Crippen LogP contribution in [-0.2, 0) is 6.42 Å². The summed E-state index contributed by atoms with van der Waals surface area (Å²) in [6.07, 6.45) is 3.89. The fourth-order valence-electron chi connectivity index (χ4n) is 2.96. The van der Waals surface area contributed by atoms with Gasteiger partial charge in [0.2, 0.25) is 0 Å². The number of nitrogens with one attached hydrogen (secondary N) is 2. The third kappa shape index (κ3) is 3.49. The van der Waals surface area contributed by atoms with Crippen LogP contribution in [0, 0.1) is 5.92 Å². The molecule has 0 aromatic heterocycles. The van der Waals surface area contributed by atoms with E-state index in [9.17, 15) is 0 Å². The zero-order chi connectivity index (χ0) is 14.7. The lowest BCUT2D eigenvalue weighted by molar-refractivity contribution is 0.622.